The van der Waals surface area contributed by atoms with Crippen LogP contribution >= 0.6 is 11.8 Å². The molecule has 6 heteroatoms. The number of aromatic amines is 1. The van der Waals surface area contributed by atoms with Gasteiger partial charge < -0.3 is 10.3 Å². The molecule has 1 aromatic carbocycles. The summed E-state index contributed by atoms with van der Waals surface area (Å²) in [5, 5.41) is 3.16. The van der Waals surface area contributed by atoms with Crippen molar-refractivity contribution in [1.29, 1.82) is 0 Å². The van der Waals surface area contributed by atoms with E-state index in [0.29, 0.717) is 5.16 Å². The Bertz CT molecular complexity index is 840. The maximum atomic E-state index is 12.5. The van der Waals surface area contributed by atoms with Gasteiger partial charge in [-0.2, -0.15) is 0 Å². The molecule has 3 rings (SSSR count). The molecule has 0 bridgehead atoms. The summed E-state index contributed by atoms with van der Waals surface area (Å²) in [6.45, 7) is 5.78. The molecule has 1 aromatic heterocycles. The van der Waals surface area contributed by atoms with E-state index in [1.54, 1.807) is 0 Å². The highest BCUT2D eigenvalue weighted by Crippen LogP contribution is 2.25. The van der Waals surface area contributed by atoms with Gasteiger partial charge in [-0.1, -0.05) is 30.0 Å². The number of aryl methyl sites for hydroxylation is 3. The van der Waals surface area contributed by atoms with Crippen molar-refractivity contribution in [1.82, 2.24) is 9.97 Å². The zero-order chi connectivity index (χ0) is 18.0. The van der Waals surface area contributed by atoms with Crippen LogP contribution in [0.5, 0.6) is 0 Å². The molecule has 1 amide bonds. The van der Waals surface area contributed by atoms with E-state index in [1.807, 2.05) is 39.0 Å². The van der Waals surface area contributed by atoms with Gasteiger partial charge in [-0.25, -0.2) is 4.98 Å². The van der Waals surface area contributed by atoms with E-state index in [0.717, 1.165) is 53.8 Å². The van der Waals surface area contributed by atoms with Crippen molar-refractivity contribution in [2.75, 3.05) is 5.32 Å². The van der Waals surface area contributed by atoms with Crippen molar-refractivity contribution in [3.05, 3.63) is 50.9 Å². The monoisotopic (exact) mass is 357 g/mol. The van der Waals surface area contributed by atoms with Crippen LogP contribution in [-0.2, 0) is 17.6 Å². The lowest BCUT2D eigenvalue weighted by atomic mass is 9.97. The minimum Gasteiger partial charge on any atom is -0.325 e. The molecule has 132 valence electrons. The van der Waals surface area contributed by atoms with Crippen LogP contribution in [0.25, 0.3) is 0 Å². The number of fused-ring (bicyclic) bond motifs is 1. The van der Waals surface area contributed by atoms with E-state index in [9.17, 15) is 9.59 Å². The summed E-state index contributed by atoms with van der Waals surface area (Å²) in [6.07, 6.45) is 3.75. The lowest BCUT2D eigenvalue weighted by Gasteiger charge is -2.17. The lowest BCUT2D eigenvalue weighted by molar-refractivity contribution is -0.115. The number of carbonyl (C=O) groups is 1. The van der Waals surface area contributed by atoms with E-state index in [-0.39, 0.29) is 16.7 Å². The highest BCUT2D eigenvalue weighted by molar-refractivity contribution is 8.00. The summed E-state index contributed by atoms with van der Waals surface area (Å²) >= 11 is 1.29. The predicted octanol–water partition coefficient (Wildman–Crippen LogP) is 3.38. The van der Waals surface area contributed by atoms with Crippen LogP contribution < -0.4 is 10.9 Å². The molecule has 0 saturated heterocycles. The Morgan fingerprint density at radius 3 is 2.64 bits per heavy atom. The highest BCUT2D eigenvalue weighted by Gasteiger charge is 2.20. The van der Waals surface area contributed by atoms with Gasteiger partial charge in [0, 0.05) is 11.3 Å². The molecular formula is C19H23N3O2S. The number of H-pyrrole nitrogens is 1. The number of nitrogens with zero attached hydrogens (tertiary/aromatic N) is 1. The minimum atomic E-state index is -0.358. The second-order valence-electron chi connectivity index (χ2n) is 6.52. The highest BCUT2D eigenvalue weighted by atomic mass is 32.2. The predicted molar refractivity (Wildman–Crippen MR) is 101 cm³/mol. The first kappa shape index (κ1) is 17.7. The van der Waals surface area contributed by atoms with Gasteiger partial charge in [-0.15, -0.1) is 0 Å². The number of rotatable bonds is 4. The summed E-state index contributed by atoms with van der Waals surface area (Å²) in [5.74, 6) is -0.0947. The average molecular weight is 357 g/mol. The lowest BCUT2D eigenvalue weighted by Crippen LogP contribution is -2.25. The van der Waals surface area contributed by atoms with E-state index >= 15 is 0 Å². The Hall–Kier alpha value is -2.08. The number of amides is 1. The Balaban J connectivity index is 1.74. The van der Waals surface area contributed by atoms with Crippen molar-refractivity contribution in [2.24, 2.45) is 0 Å². The number of aromatic nitrogens is 2. The third kappa shape index (κ3) is 3.95. The fourth-order valence-corrected chi connectivity index (χ4v) is 3.91. The van der Waals surface area contributed by atoms with Gasteiger partial charge in [-0.3, -0.25) is 9.59 Å². The first-order valence-electron chi connectivity index (χ1n) is 8.61. The number of nitrogens with one attached hydrogen (secondary N) is 2. The quantitative estimate of drug-likeness (QED) is 0.650. The van der Waals surface area contributed by atoms with Gasteiger partial charge in [0.1, 0.15) is 0 Å². The summed E-state index contributed by atoms with van der Waals surface area (Å²) < 4.78 is 0. The van der Waals surface area contributed by atoms with E-state index < -0.39 is 0 Å². The largest absolute Gasteiger partial charge is 0.325 e. The SMILES string of the molecule is Cc1cccc(C)c1NC(=O)[C@@H](C)Sc1nc2c(c(=O)[nH]1)CCCC2. The maximum absolute atomic E-state index is 12.5. The zero-order valence-electron chi connectivity index (χ0n) is 14.8. The standard InChI is InChI=1S/C19H23N3O2S/c1-11-7-6-8-12(2)16(11)21-17(23)13(3)25-19-20-15-10-5-4-9-14(15)18(24)22-19/h6-8,13H,4-5,9-10H2,1-3H3,(H,21,23)(H,20,22,24)/t13-/m1/s1. The minimum absolute atomic E-state index is 0.0606. The molecular weight excluding hydrogens is 334 g/mol. The molecule has 1 atom stereocenters. The molecule has 2 N–H and O–H groups in total. The van der Waals surface area contributed by atoms with Crippen LogP contribution in [0.1, 0.15) is 42.1 Å². The first-order chi connectivity index (χ1) is 12.0. The van der Waals surface area contributed by atoms with Crippen molar-refractivity contribution < 1.29 is 4.79 Å². The summed E-state index contributed by atoms with van der Waals surface area (Å²) in [6, 6.07) is 5.92. The number of benzene rings is 1. The van der Waals surface area contributed by atoms with Gasteiger partial charge >= 0.3 is 0 Å². The van der Waals surface area contributed by atoms with Crippen molar-refractivity contribution in [3.63, 3.8) is 0 Å². The third-order valence-electron chi connectivity index (χ3n) is 4.56. The molecule has 0 unspecified atom stereocenters. The molecule has 25 heavy (non-hydrogen) atoms. The number of carbonyl (C=O) groups excluding carboxylic acids is 1. The van der Waals surface area contributed by atoms with Crippen LogP contribution in [0.4, 0.5) is 5.69 Å². The van der Waals surface area contributed by atoms with Crippen LogP contribution in [0.3, 0.4) is 0 Å². The van der Waals surface area contributed by atoms with Gasteiger partial charge in [0.25, 0.3) is 5.56 Å². The Morgan fingerprint density at radius 1 is 1.24 bits per heavy atom. The number of thioether (sulfide) groups is 1. The summed E-state index contributed by atoms with van der Waals surface area (Å²) in [4.78, 5) is 32.1. The Labute approximate surface area is 151 Å². The Kier molecular flexibility index (Phi) is 5.27. The third-order valence-corrected chi connectivity index (χ3v) is 5.54. The van der Waals surface area contributed by atoms with E-state index in [2.05, 4.69) is 15.3 Å². The van der Waals surface area contributed by atoms with Crippen molar-refractivity contribution in [2.45, 2.75) is 56.9 Å². The van der Waals surface area contributed by atoms with Gasteiger partial charge in [0.15, 0.2) is 5.16 Å². The molecule has 1 heterocycles. The normalized spacial score (nSPS) is 14.7. The second-order valence-corrected chi connectivity index (χ2v) is 7.85. The van der Waals surface area contributed by atoms with Crippen LogP contribution in [0.15, 0.2) is 28.2 Å². The first-order valence-corrected chi connectivity index (χ1v) is 9.49. The average Bonchev–Trinajstić information content (AvgIpc) is 2.58. The second kappa shape index (κ2) is 7.44. The smallest absolute Gasteiger partial charge is 0.254 e. The van der Waals surface area contributed by atoms with Crippen LogP contribution in [0.2, 0.25) is 0 Å². The van der Waals surface area contributed by atoms with E-state index in [1.165, 1.54) is 11.8 Å². The summed E-state index contributed by atoms with van der Waals surface area (Å²) in [5.41, 5.74) is 4.56. The summed E-state index contributed by atoms with van der Waals surface area (Å²) in [7, 11) is 0. The zero-order valence-corrected chi connectivity index (χ0v) is 15.6. The molecule has 5 nitrogen and oxygen atoms in total. The maximum Gasteiger partial charge on any atom is 0.254 e. The molecule has 0 fully saturated rings. The van der Waals surface area contributed by atoms with Gasteiger partial charge in [0.05, 0.1) is 10.9 Å². The molecule has 1 aliphatic rings. The Morgan fingerprint density at radius 2 is 1.92 bits per heavy atom. The van der Waals surface area contributed by atoms with Crippen molar-refractivity contribution >= 4 is 23.4 Å². The molecule has 0 spiro atoms. The topological polar surface area (TPSA) is 74.8 Å². The molecule has 2 aromatic rings. The molecule has 0 radical (unpaired) electrons. The van der Waals surface area contributed by atoms with Gasteiger partial charge in [0.2, 0.25) is 5.91 Å². The van der Waals surface area contributed by atoms with Crippen LogP contribution in [0, 0.1) is 13.8 Å². The molecule has 0 saturated carbocycles. The number of hydrogen-bond acceptors (Lipinski definition) is 4. The molecule has 1 aliphatic carbocycles. The van der Waals surface area contributed by atoms with Crippen molar-refractivity contribution in [3.8, 4) is 0 Å². The van der Waals surface area contributed by atoms with Gasteiger partial charge in [-0.05, 0) is 57.6 Å². The number of para-hydroxylation sites is 1. The number of hydrogen-bond donors (Lipinski definition) is 2. The van der Waals surface area contributed by atoms with Crippen LogP contribution in [-0.4, -0.2) is 21.1 Å². The van der Waals surface area contributed by atoms with E-state index in [4.69, 9.17) is 0 Å². The fraction of sp³-hybridized carbons (Fsp3) is 0.421. The fourth-order valence-electron chi connectivity index (χ4n) is 3.09. The number of anilines is 1. The molecule has 0 aliphatic heterocycles.